The molecule has 5 aromatic rings. The van der Waals surface area contributed by atoms with Gasteiger partial charge in [0.2, 0.25) is 0 Å². The number of aryl methyl sites for hydroxylation is 1. The molecule has 0 bridgehead atoms. The van der Waals surface area contributed by atoms with E-state index in [1.165, 1.54) is 16.7 Å². The Morgan fingerprint density at radius 2 is 1.52 bits per heavy atom. The molecule has 0 amide bonds. The minimum Gasteiger partial charge on any atom is -0.507 e. The first-order valence-corrected chi connectivity index (χ1v) is 18.0. The van der Waals surface area contributed by atoms with E-state index in [1.807, 2.05) is 36.4 Å². The van der Waals surface area contributed by atoms with Crippen molar-refractivity contribution < 1.29 is 22.7 Å². The predicted octanol–water partition coefficient (Wildman–Crippen LogP) is 8.82. The van der Waals surface area contributed by atoms with Crippen LogP contribution in [-0.2, 0) is 30.5 Å². The Morgan fingerprint density at radius 1 is 0.938 bits per heavy atom. The fraction of sp³-hybridized carbons (Fsp3) is 0.256. The van der Waals surface area contributed by atoms with Gasteiger partial charge in [-0.3, -0.25) is 4.79 Å². The molecular formula is C39H39ClF3NO3Si. The molecular weight excluding hydrogens is 651 g/mol. The predicted molar refractivity (Wildman–Crippen MR) is 192 cm³/mol. The number of hydrogen-bond donors (Lipinski definition) is 1. The molecule has 5 rings (SSSR count). The number of rotatable bonds is 9. The molecule has 250 valence electrons. The van der Waals surface area contributed by atoms with E-state index in [2.05, 4.69) is 51.6 Å². The van der Waals surface area contributed by atoms with Crippen molar-refractivity contribution in [1.29, 1.82) is 0 Å². The highest BCUT2D eigenvalue weighted by molar-refractivity contribution is 6.99. The highest BCUT2D eigenvalue weighted by Crippen LogP contribution is 2.43. The van der Waals surface area contributed by atoms with Crippen molar-refractivity contribution in [3.8, 4) is 16.9 Å². The van der Waals surface area contributed by atoms with Gasteiger partial charge in [0.1, 0.15) is 5.75 Å². The summed E-state index contributed by atoms with van der Waals surface area (Å²) < 4.78 is 50.7. The number of pyridine rings is 1. The molecule has 1 heterocycles. The third kappa shape index (κ3) is 6.61. The highest BCUT2D eigenvalue weighted by Gasteiger charge is 2.50. The molecule has 0 atom stereocenters. The number of nitrogens with zero attached hydrogens (tertiary/aromatic N) is 1. The zero-order chi connectivity index (χ0) is 35.0. The molecule has 0 unspecified atom stereocenters. The van der Waals surface area contributed by atoms with Crippen LogP contribution in [0.15, 0.2) is 108 Å². The van der Waals surface area contributed by atoms with Crippen LogP contribution in [0, 0.1) is 0 Å². The molecule has 0 fully saturated rings. The van der Waals surface area contributed by atoms with Crippen molar-refractivity contribution in [3.05, 3.63) is 135 Å². The zero-order valence-electron chi connectivity index (χ0n) is 27.7. The van der Waals surface area contributed by atoms with Crippen LogP contribution in [0.1, 0.15) is 44.4 Å². The van der Waals surface area contributed by atoms with Gasteiger partial charge >= 0.3 is 6.18 Å². The minimum atomic E-state index is -4.63. The van der Waals surface area contributed by atoms with Gasteiger partial charge in [-0.2, -0.15) is 13.2 Å². The number of benzene rings is 4. The summed E-state index contributed by atoms with van der Waals surface area (Å²) in [6, 6.07) is 26.5. The quantitative estimate of drug-likeness (QED) is 0.124. The second kappa shape index (κ2) is 13.4. The first-order valence-electron chi connectivity index (χ1n) is 15.7. The van der Waals surface area contributed by atoms with Crippen LogP contribution in [0.25, 0.3) is 22.0 Å². The fourth-order valence-electron chi connectivity index (χ4n) is 6.70. The summed E-state index contributed by atoms with van der Waals surface area (Å²) in [5, 5.41) is 13.8. The van der Waals surface area contributed by atoms with Crippen LogP contribution in [0.5, 0.6) is 5.75 Å². The van der Waals surface area contributed by atoms with E-state index in [0.717, 1.165) is 28.1 Å². The molecule has 9 heteroatoms. The summed E-state index contributed by atoms with van der Waals surface area (Å²) in [7, 11) is -1.46. The molecule has 0 saturated carbocycles. The van der Waals surface area contributed by atoms with Crippen LogP contribution >= 0.6 is 11.6 Å². The third-order valence-electron chi connectivity index (χ3n) is 8.82. The number of hydrogen-bond acceptors (Lipinski definition) is 3. The fourth-order valence-corrected chi connectivity index (χ4v) is 11.5. The van der Waals surface area contributed by atoms with Crippen LogP contribution < -0.4 is 15.9 Å². The number of allylic oxidation sites excluding steroid dienone is 1. The number of phenols is 1. The molecule has 0 spiro atoms. The summed E-state index contributed by atoms with van der Waals surface area (Å²) in [6.45, 7) is 12.3. The molecule has 4 aromatic carbocycles. The molecule has 1 aromatic heterocycles. The van der Waals surface area contributed by atoms with E-state index in [-0.39, 0.29) is 50.9 Å². The average Bonchev–Trinajstić information content (AvgIpc) is 3.02. The van der Waals surface area contributed by atoms with E-state index in [4.69, 9.17) is 16.0 Å². The molecule has 0 saturated heterocycles. The second-order valence-corrected chi connectivity index (χ2v) is 18.0. The van der Waals surface area contributed by atoms with Crippen molar-refractivity contribution in [2.24, 2.45) is 7.05 Å². The lowest BCUT2D eigenvalue weighted by Crippen LogP contribution is -2.66. The lowest BCUT2D eigenvalue weighted by molar-refractivity contribution is -0.137. The molecule has 0 aliphatic rings. The lowest BCUT2D eigenvalue weighted by Gasteiger charge is -2.43. The topological polar surface area (TPSA) is 51.5 Å². The molecule has 0 aliphatic heterocycles. The summed E-state index contributed by atoms with van der Waals surface area (Å²) >= 11 is 6.56. The second-order valence-electron chi connectivity index (χ2n) is 13.3. The van der Waals surface area contributed by atoms with Gasteiger partial charge < -0.3 is 14.1 Å². The summed E-state index contributed by atoms with van der Waals surface area (Å²) in [5.41, 5.74) is 0.846. The number of aromatic nitrogens is 1. The monoisotopic (exact) mass is 689 g/mol. The highest BCUT2D eigenvalue weighted by atomic mass is 35.5. The first kappa shape index (κ1) is 35.2. The van der Waals surface area contributed by atoms with E-state index in [1.54, 1.807) is 20.0 Å². The van der Waals surface area contributed by atoms with Crippen molar-refractivity contribution in [1.82, 2.24) is 4.57 Å². The van der Waals surface area contributed by atoms with Crippen LogP contribution in [0.4, 0.5) is 13.2 Å². The van der Waals surface area contributed by atoms with E-state index < -0.39 is 25.6 Å². The number of aromatic hydroxyl groups is 1. The Bertz CT molecular complexity index is 2000. The van der Waals surface area contributed by atoms with Crippen LogP contribution in [0.2, 0.25) is 10.1 Å². The molecule has 1 N–H and O–H groups in total. The number of halogens is 4. The largest absolute Gasteiger partial charge is 0.507 e. The van der Waals surface area contributed by atoms with Gasteiger partial charge in [-0.25, -0.2) is 0 Å². The van der Waals surface area contributed by atoms with Crippen molar-refractivity contribution in [2.45, 2.75) is 51.8 Å². The SMILES string of the molecule is C=C(C)Cc1cc(Cl)cc(-c2c(CCO[Si](c3ccccc3)(c3ccccc3)C(C)(C)C)c(=O)n(C)c3ccc(C(F)(F)F)cc23)c1O. The normalized spacial score (nSPS) is 12.4. The summed E-state index contributed by atoms with van der Waals surface area (Å²) in [6.07, 6.45) is -4.27. The van der Waals surface area contributed by atoms with Crippen LogP contribution in [0.3, 0.4) is 0 Å². The van der Waals surface area contributed by atoms with Gasteiger partial charge in [0.25, 0.3) is 13.9 Å². The lowest BCUT2D eigenvalue weighted by atomic mass is 9.90. The van der Waals surface area contributed by atoms with Gasteiger partial charge in [0, 0.05) is 47.2 Å². The van der Waals surface area contributed by atoms with Gasteiger partial charge in [-0.1, -0.05) is 105 Å². The maximum absolute atomic E-state index is 14.2. The Kier molecular flexibility index (Phi) is 9.84. The summed E-state index contributed by atoms with van der Waals surface area (Å²) in [5.74, 6) is -0.163. The van der Waals surface area contributed by atoms with Crippen molar-refractivity contribution in [3.63, 3.8) is 0 Å². The number of phenolic OH excluding ortho intramolecular Hbond substituents is 1. The maximum Gasteiger partial charge on any atom is 0.416 e. The maximum atomic E-state index is 14.2. The average molecular weight is 690 g/mol. The molecule has 4 nitrogen and oxygen atoms in total. The molecule has 48 heavy (non-hydrogen) atoms. The van der Waals surface area contributed by atoms with E-state index >= 15 is 0 Å². The third-order valence-corrected chi connectivity index (χ3v) is 14.1. The zero-order valence-corrected chi connectivity index (χ0v) is 29.5. The van der Waals surface area contributed by atoms with Crippen molar-refractivity contribution in [2.75, 3.05) is 6.61 Å². The van der Waals surface area contributed by atoms with Crippen LogP contribution in [-0.4, -0.2) is 24.6 Å². The van der Waals surface area contributed by atoms with Gasteiger partial charge in [-0.15, -0.1) is 0 Å². The first-order chi connectivity index (χ1) is 22.6. The number of alkyl halides is 3. The van der Waals surface area contributed by atoms with E-state index in [0.29, 0.717) is 17.5 Å². The van der Waals surface area contributed by atoms with Gasteiger partial charge in [0.05, 0.1) is 11.1 Å². The summed E-state index contributed by atoms with van der Waals surface area (Å²) in [4.78, 5) is 14.2. The Morgan fingerprint density at radius 3 is 2.04 bits per heavy atom. The standard InChI is InChI=1S/C39H39ClF3NO3Si/c1-25(2)21-26-22-28(40)24-33(36(26)45)35-31(37(46)44(6)34-18-17-27(23-32(34)35)39(41,42)43)19-20-47-48(38(3,4)5,29-13-9-7-10-14-29)30-15-11-8-12-16-30/h7-18,22-24,45H,1,19-21H2,2-6H3. The molecule has 0 radical (unpaired) electrons. The Labute approximate surface area is 285 Å². The smallest absolute Gasteiger partial charge is 0.416 e. The molecule has 0 aliphatic carbocycles. The Hall–Kier alpha value is -4.11. The van der Waals surface area contributed by atoms with Crippen molar-refractivity contribution >= 4 is 41.2 Å². The number of fused-ring (bicyclic) bond motifs is 1. The Balaban J connectivity index is 1.75. The van der Waals surface area contributed by atoms with Gasteiger partial charge in [-0.05, 0) is 64.7 Å². The van der Waals surface area contributed by atoms with Gasteiger partial charge in [0.15, 0.2) is 0 Å². The van der Waals surface area contributed by atoms with E-state index in [9.17, 15) is 23.1 Å². The minimum absolute atomic E-state index is 0.0699.